The monoisotopic (exact) mass is 350 g/mol. The van der Waals surface area contributed by atoms with Crippen LogP contribution in [0.1, 0.15) is 28.0 Å². The molecule has 7 heteroatoms. The summed E-state index contributed by atoms with van der Waals surface area (Å²) < 4.78 is 11.8. The average Bonchev–Trinajstić information content (AvgIpc) is 3.01. The molecule has 6 nitrogen and oxygen atoms in total. The number of carbonyl (C=O) groups is 1. The van der Waals surface area contributed by atoms with Gasteiger partial charge in [0.1, 0.15) is 0 Å². The van der Waals surface area contributed by atoms with Crippen molar-refractivity contribution in [3.63, 3.8) is 0 Å². The number of hydrogen-bond acceptors (Lipinski definition) is 6. The summed E-state index contributed by atoms with van der Waals surface area (Å²) in [6, 6.07) is 7.36. The number of ether oxygens (including phenoxy) is 2. The number of aliphatic hydroxyl groups excluding tert-OH is 1. The lowest BCUT2D eigenvalue weighted by atomic mass is 10.1. The van der Waals surface area contributed by atoms with Crippen LogP contribution in [-0.4, -0.2) is 41.5 Å². The Morgan fingerprint density at radius 2 is 2.21 bits per heavy atom. The van der Waals surface area contributed by atoms with E-state index in [1.54, 1.807) is 31.1 Å². The second-order valence-corrected chi connectivity index (χ2v) is 6.11. The maximum Gasteiger partial charge on any atom is 0.337 e. The Labute approximate surface area is 145 Å². The van der Waals surface area contributed by atoms with Crippen LogP contribution in [0.4, 0.5) is 0 Å². The van der Waals surface area contributed by atoms with E-state index in [-0.39, 0.29) is 12.6 Å². The number of aromatic nitrogens is 2. The number of nitrogens with zero attached hydrogens (tertiary/aromatic N) is 2. The van der Waals surface area contributed by atoms with Gasteiger partial charge in [-0.25, -0.2) is 9.78 Å². The second kappa shape index (κ2) is 9.46. The van der Waals surface area contributed by atoms with Gasteiger partial charge in [0.25, 0.3) is 0 Å². The summed E-state index contributed by atoms with van der Waals surface area (Å²) in [6.45, 7) is 1.36. The number of esters is 1. The lowest BCUT2D eigenvalue weighted by Crippen LogP contribution is -2.07. The van der Waals surface area contributed by atoms with Crippen LogP contribution in [0.15, 0.2) is 35.6 Å². The Bertz CT molecular complexity index is 672. The molecule has 0 fully saturated rings. The smallest absolute Gasteiger partial charge is 0.337 e. The molecule has 0 aliphatic rings. The first-order chi connectivity index (χ1) is 11.7. The van der Waals surface area contributed by atoms with Gasteiger partial charge < -0.3 is 19.1 Å². The van der Waals surface area contributed by atoms with E-state index in [4.69, 9.17) is 9.47 Å². The van der Waals surface area contributed by atoms with Crippen LogP contribution >= 0.6 is 11.8 Å². The van der Waals surface area contributed by atoms with Gasteiger partial charge in [-0.15, -0.1) is 0 Å². The zero-order valence-corrected chi connectivity index (χ0v) is 14.7. The Morgan fingerprint density at radius 3 is 2.92 bits per heavy atom. The zero-order chi connectivity index (χ0) is 17.4. The van der Waals surface area contributed by atoms with Crippen molar-refractivity contribution >= 4 is 17.7 Å². The maximum absolute atomic E-state index is 11.6. The minimum Gasteiger partial charge on any atom is -0.465 e. The first-order valence-corrected chi connectivity index (χ1v) is 8.62. The molecular formula is C17H22N2O4S. The van der Waals surface area contributed by atoms with Gasteiger partial charge in [-0.05, 0) is 24.1 Å². The molecule has 0 spiro atoms. The Kier molecular flexibility index (Phi) is 7.30. The highest BCUT2D eigenvalue weighted by molar-refractivity contribution is 7.98. The van der Waals surface area contributed by atoms with E-state index in [9.17, 15) is 9.90 Å². The zero-order valence-electron chi connectivity index (χ0n) is 13.9. The van der Waals surface area contributed by atoms with E-state index in [1.807, 2.05) is 22.8 Å². The van der Waals surface area contributed by atoms with Crippen LogP contribution in [0.2, 0.25) is 0 Å². The van der Waals surface area contributed by atoms with Gasteiger partial charge in [0.15, 0.2) is 5.16 Å². The number of methoxy groups -OCH3 is 2. The molecule has 0 bridgehead atoms. The highest BCUT2D eigenvalue weighted by Crippen LogP contribution is 2.24. The van der Waals surface area contributed by atoms with Gasteiger partial charge >= 0.3 is 5.97 Å². The summed E-state index contributed by atoms with van der Waals surface area (Å²) in [7, 11) is 3.04. The van der Waals surface area contributed by atoms with Crippen molar-refractivity contribution in [1.82, 2.24) is 9.55 Å². The minimum absolute atomic E-state index is 0.0433. The number of benzene rings is 1. The fraction of sp³-hybridized carbons (Fsp3) is 0.412. The molecule has 24 heavy (non-hydrogen) atoms. The fourth-order valence-electron chi connectivity index (χ4n) is 2.29. The standard InChI is InChI=1S/C17H22N2O4S/c1-22-8-4-7-19-15(11-20)10-18-17(19)24-12-13-5-3-6-14(9-13)16(21)23-2/h3,5-6,9-10,20H,4,7-8,11-12H2,1-2H3. The van der Waals surface area contributed by atoms with E-state index in [0.29, 0.717) is 17.9 Å². The molecule has 1 N–H and O–H groups in total. The van der Waals surface area contributed by atoms with Crippen molar-refractivity contribution in [2.75, 3.05) is 20.8 Å². The summed E-state index contributed by atoms with van der Waals surface area (Å²) in [5, 5.41) is 10.3. The molecule has 1 heterocycles. The third-order valence-electron chi connectivity index (χ3n) is 3.51. The quantitative estimate of drug-likeness (QED) is 0.425. The van der Waals surface area contributed by atoms with E-state index < -0.39 is 0 Å². The molecule has 0 aliphatic carbocycles. The molecule has 0 saturated heterocycles. The van der Waals surface area contributed by atoms with Crippen LogP contribution in [0, 0.1) is 0 Å². The topological polar surface area (TPSA) is 73.6 Å². The summed E-state index contributed by atoms with van der Waals surface area (Å²) in [6.07, 6.45) is 2.55. The predicted octanol–water partition coefficient (Wildman–Crippen LogP) is 2.49. The largest absolute Gasteiger partial charge is 0.465 e. The van der Waals surface area contributed by atoms with Crippen molar-refractivity contribution in [1.29, 1.82) is 0 Å². The predicted molar refractivity (Wildman–Crippen MR) is 92.0 cm³/mol. The molecule has 0 unspecified atom stereocenters. The average molecular weight is 350 g/mol. The molecule has 0 atom stereocenters. The molecule has 0 amide bonds. The van der Waals surface area contributed by atoms with Crippen molar-refractivity contribution in [2.45, 2.75) is 30.5 Å². The van der Waals surface area contributed by atoms with Crippen molar-refractivity contribution in [2.24, 2.45) is 0 Å². The maximum atomic E-state index is 11.6. The number of imidazole rings is 1. The third-order valence-corrected chi connectivity index (χ3v) is 4.57. The van der Waals surface area contributed by atoms with Gasteiger partial charge in [0, 0.05) is 26.0 Å². The Hall–Kier alpha value is -1.83. The van der Waals surface area contributed by atoms with Crippen molar-refractivity contribution in [3.05, 3.63) is 47.3 Å². The van der Waals surface area contributed by atoms with E-state index in [1.165, 1.54) is 7.11 Å². The molecule has 130 valence electrons. The van der Waals surface area contributed by atoms with Gasteiger partial charge in [-0.1, -0.05) is 23.9 Å². The number of carbonyl (C=O) groups excluding carboxylic acids is 1. The lowest BCUT2D eigenvalue weighted by molar-refractivity contribution is 0.0600. The summed E-state index contributed by atoms with van der Waals surface area (Å²) in [5.41, 5.74) is 2.34. The molecular weight excluding hydrogens is 328 g/mol. The molecule has 2 rings (SSSR count). The fourth-order valence-corrected chi connectivity index (χ4v) is 3.26. The van der Waals surface area contributed by atoms with Gasteiger partial charge in [-0.3, -0.25) is 0 Å². The van der Waals surface area contributed by atoms with Crippen LogP contribution in [0.25, 0.3) is 0 Å². The van der Waals surface area contributed by atoms with Gasteiger partial charge in [0.05, 0.1) is 31.2 Å². The molecule has 0 aliphatic heterocycles. The van der Waals surface area contributed by atoms with Crippen molar-refractivity contribution < 1.29 is 19.4 Å². The minimum atomic E-state index is -0.342. The third kappa shape index (κ3) is 4.83. The molecule has 2 aromatic rings. The number of hydrogen-bond donors (Lipinski definition) is 1. The number of thioether (sulfide) groups is 1. The van der Waals surface area contributed by atoms with Crippen LogP contribution in [0.3, 0.4) is 0 Å². The van der Waals surface area contributed by atoms with E-state index >= 15 is 0 Å². The normalized spacial score (nSPS) is 10.8. The van der Waals surface area contributed by atoms with Gasteiger partial charge in [0.2, 0.25) is 0 Å². The first-order valence-electron chi connectivity index (χ1n) is 7.63. The summed E-state index contributed by atoms with van der Waals surface area (Å²) in [4.78, 5) is 16.0. The highest BCUT2D eigenvalue weighted by atomic mass is 32.2. The van der Waals surface area contributed by atoms with E-state index in [2.05, 4.69) is 4.98 Å². The first kappa shape index (κ1) is 18.5. The molecule has 1 aromatic heterocycles. The van der Waals surface area contributed by atoms with Crippen molar-refractivity contribution in [3.8, 4) is 0 Å². The SMILES string of the molecule is COCCCn1c(CO)cnc1SCc1cccc(C(=O)OC)c1. The van der Waals surface area contributed by atoms with Crippen LogP contribution < -0.4 is 0 Å². The van der Waals surface area contributed by atoms with Crippen LogP contribution in [-0.2, 0) is 28.4 Å². The summed E-state index contributed by atoms with van der Waals surface area (Å²) >= 11 is 1.57. The van der Waals surface area contributed by atoms with E-state index in [0.717, 1.165) is 29.4 Å². The number of aliphatic hydroxyl groups is 1. The Balaban J connectivity index is 2.06. The number of rotatable bonds is 9. The molecule has 1 aromatic carbocycles. The molecule has 0 saturated carbocycles. The lowest BCUT2D eigenvalue weighted by Gasteiger charge is -2.10. The highest BCUT2D eigenvalue weighted by Gasteiger charge is 2.11. The van der Waals surface area contributed by atoms with Gasteiger partial charge in [-0.2, -0.15) is 0 Å². The molecule has 0 radical (unpaired) electrons. The summed E-state index contributed by atoms with van der Waals surface area (Å²) in [5.74, 6) is 0.335. The Morgan fingerprint density at radius 1 is 1.38 bits per heavy atom. The van der Waals surface area contributed by atoms with Crippen LogP contribution in [0.5, 0.6) is 0 Å². The second-order valence-electron chi connectivity index (χ2n) is 5.17.